The van der Waals surface area contributed by atoms with Gasteiger partial charge < -0.3 is 22.1 Å². The molecule has 0 amide bonds. The van der Waals surface area contributed by atoms with Crippen molar-refractivity contribution in [1.82, 2.24) is 24.9 Å². The molecule has 0 fully saturated rings. The van der Waals surface area contributed by atoms with Gasteiger partial charge in [0.1, 0.15) is 35.2 Å². The van der Waals surface area contributed by atoms with Crippen LogP contribution in [-0.4, -0.2) is 24.9 Å². The summed E-state index contributed by atoms with van der Waals surface area (Å²) in [4.78, 5) is 23.0. The quantitative estimate of drug-likeness (QED) is 0.0963. The van der Waals surface area contributed by atoms with Gasteiger partial charge in [0.15, 0.2) is 58.9 Å². The van der Waals surface area contributed by atoms with Crippen molar-refractivity contribution >= 4 is 110 Å². The van der Waals surface area contributed by atoms with Crippen LogP contribution in [0.25, 0.3) is 167 Å². The topological polar surface area (TPSA) is 150 Å². The van der Waals surface area contributed by atoms with Crippen LogP contribution < -0.4 is 22.8 Å². The molecule has 0 aliphatic carbocycles. The Morgan fingerprint density at radius 2 is 0.514 bits per heavy atom. The number of nitrogens with zero attached hydrogens (tertiary/aromatic N) is 10. The standard InChI is InChI=1S/5C25H29N2O/c1-15-8-10-19-20-11-9-17(3)26-24(20)28-23(19)22(15)21-12-16(2)18(14-27(21)7)13-25(4,5)6;2*1-14(2)20-12-22(27(7)13-17(20)6)23-16(5)8-9-18-19-10-11-21(15(3)4)26-25(19)28-24(18)23;2*1-14(2)20-13-27(7)22(12-17(20)6)23-16(5)8-9-18-19-10-11-21(15(3)4)26-25(19)28-24(18)23/h8-12,14H,13H2,1-7H3;4*8-15H,1-7H3/q5*+1/i;1D3,6D3,14D,15D;6D3,14D,15D;1D3,14D,15D;14D,15D. The Hall–Kier alpha value is -13.4. The summed E-state index contributed by atoms with van der Waals surface area (Å²) in [7, 11) is 9.50. The van der Waals surface area contributed by atoms with Crippen LogP contribution in [0.15, 0.2) is 205 Å². The summed E-state index contributed by atoms with van der Waals surface area (Å²) in [6.45, 7) is 39.1. The molecule has 0 bridgehead atoms. The normalized spacial score (nSPS) is 15.8. The molecule has 2 atom stereocenters. The van der Waals surface area contributed by atoms with Crippen LogP contribution in [0.4, 0.5) is 0 Å². The lowest BCUT2D eigenvalue weighted by atomic mass is 9.86. The molecule has 0 saturated heterocycles. The monoisotopic (exact) mass is 1890 g/mol. The summed E-state index contributed by atoms with van der Waals surface area (Å²) in [5.41, 5.74) is 30.4. The number of benzene rings is 5. The van der Waals surface area contributed by atoms with E-state index in [4.69, 9.17) is 49.5 Å². The van der Waals surface area contributed by atoms with E-state index in [0.29, 0.717) is 90.5 Å². The molecular formula is C125H145N10O5+5. The van der Waals surface area contributed by atoms with Gasteiger partial charge in [-0.05, 0) is 251 Å². The van der Waals surface area contributed by atoms with E-state index in [-0.39, 0.29) is 22.1 Å². The third kappa shape index (κ3) is 19.4. The highest BCUT2D eigenvalue weighted by molar-refractivity contribution is 6.13. The van der Waals surface area contributed by atoms with E-state index in [9.17, 15) is 0 Å². The second kappa shape index (κ2) is 39.4. The van der Waals surface area contributed by atoms with Crippen molar-refractivity contribution < 1.29 is 72.3 Å². The number of pyridine rings is 10. The van der Waals surface area contributed by atoms with Crippen molar-refractivity contribution in [2.24, 2.45) is 40.7 Å². The van der Waals surface area contributed by atoms with Crippen molar-refractivity contribution in [2.45, 2.75) is 261 Å². The highest BCUT2D eigenvalue weighted by atomic mass is 16.4. The van der Waals surface area contributed by atoms with Crippen LogP contribution in [0, 0.1) is 81.4 Å². The molecule has 0 spiro atoms. The van der Waals surface area contributed by atoms with E-state index < -0.39 is 74.6 Å². The van der Waals surface area contributed by atoms with Crippen molar-refractivity contribution in [3.05, 3.63) is 295 Å². The SMILES string of the molecule is Cc1ccc2c(n1)oc1c(-c3cc(C)c(CC(C)(C)C)c[n+]3C)c(C)ccc12.[2H]C(C)(C)c1ccc2c(n1)oc1c(-c3cc(C)c(C([2H])(C)C([2H])([2H])[2H])c[n+]3C)c(C)ccc12.[2H]C(C)(C)c1ccc2c(n1)oc1c(-c3cc(C)c(C([2H])(C)C)c[n+]3C)c(C)ccc12.[2H]C([2H])([2H])c1c[n+](C)c(-c2c(C)ccc3c2oc2nc(C([2H])(C)C)ccc23)cc1C([2H])(C)C.[2H]C([2H])([2H])c1c[n+](C)c(-c2c(C)ccc3c2oc2nc(C([2H])(C)C)ccc23)cc1C([2H])(C)C([2H])([2H])[2H]. The molecule has 720 valence electrons. The molecule has 0 aliphatic rings. The van der Waals surface area contributed by atoms with Crippen LogP contribution in [0.3, 0.4) is 0 Å². The van der Waals surface area contributed by atoms with Crippen molar-refractivity contribution in [2.75, 3.05) is 0 Å². The van der Waals surface area contributed by atoms with Crippen LogP contribution in [0.5, 0.6) is 0 Å². The Morgan fingerprint density at radius 1 is 0.264 bits per heavy atom. The molecule has 20 rings (SSSR count). The average molecular weight is 1890 g/mol. The summed E-state index contributed by atoms with van der Waals surface area (Å²) in [5, 5.41) is 9.33. The Bertz CT molecular complexity index is 9230. The number of rotatable bonds is 14. The lowest BCUT2D eigenvalue weighted by Crippen LogP contribution is -2.32. The van der Waals surface area contributed by atoms with Gasteiger partial charge in [-0.25, -0.2) is 47.8 Å². The van der Waals surface area contributed by atoms with E-state index in [1.807, 2.05) is 179 Å². The maximum absolute atomic E-state index is 8.68. The molecule has 15 nitrogen and oxygen atoms in total. The zero-order valence-electron chi connectivity index (χ0n) is 107. The highest BCUT2D eigenvalue weighted by Crippen LogP contribution is 2.45. The first-order valence-corrected chi connectivity index (χ1v) is 47.8. The van der Waals surface area contributed by atoms with E-state index in [1.165, 1.54) is 48.5 Å². The molecule has 0 saturated carbocycles. The molecule has 5 aromatic carbocycles. The fourth-order valence-electron chi connectivity index (χ4n) is 19.1. The van der Waals surface area contributed by atoms with Gasteiger partial charge in [0.2, 0.25) is 57.0 Å². The van der Waals surface area contributed by atoms with E-state index >= 15 is 0 Å². The molecule has 2 unspecified atom stereocenters. The molecule has 0 radical (unpaired) electrons. The second-order valence-corrected chi connectivity index (χ2v) is 40.6. The molecular weight excluding hydrogens is 1720 g/mol. The third-order valence-corrected chi connectivity index (χ3v) is 26.7. The summed E-state index contributed by atoms with van der Waals surface area (Å²) in [5.74, 6) is -9.03. The summed E-state index contributed by atoms with van der Waals surface area (Å²) < 4.78 is 204. The van der Waals surface area contributed by atoms with Crippen LogP contribution >= 0.6 is 0 Å². The van der Waals surface area contributed by atoms with Gasteiger partial charge in [0, 0.05) is 168 Å². The number of aromatic nitrogens is 10. The van der Waals surface area contributed by atoms with Crippen molar-refractivity contribution in [1.29, 1.82) is 0 Å². The first-order valence-electron chi connectivity index (χ1n) is 57.8. The van der Waals surface area contributed by atoms with Gasteiger partial charge in [-0.15, -0.1) is 0 Å². The molecule has 15 aromatic heterocycles. The molecule has 15 heteroatoms. The van der Waals surface area contributed by atoms with Crippen LogP contribution in [0.2, 0.25) is 0 Å². The van der Waals surface area contributed by atoms with Crippen LogP contribution in [0.1, 0.15) is 318 Å². The van der Waals surface area contributed by atoms with Gasteiger partial charge >= 0.3 is 0 Å². The number of hydrogen-bond acceptors (Lipinski definition) is 10. The number of hydrogen-bond donors (Lipinski definition) is 0. The van der Waals surface area contributed by atoms with Gasteiger partial charge in [0.25, 0.3) is 0 Å². The summed E-state index contributed by atoms with van der Waals surface area (Å²) in [6, 6.07) is 49.5. The average Bonchev–Trinajstić information content (AvgIpc) is 1.61. The maximum Gasteiger partial charge on any atom is 0.227 e. The zero-order chi connectivity index (χ0) is 118. The fourth-order valence-corrected chi connectivity index (χ4v) is 19.1. The van der Waals surface area contributed by atoms with Gasteiger partial charge in [-0.3, -0.25) is 0 Å². The second-order valence-electron chi connectivity index (χ2n) is 40.6. The van der Waals surface area contributed by atoms with Crippen LogP contribution in [-0.2, 0) is 41.7 Å². The number of aryl methyl sites for hydroxylation is 16. The number of fused-ring (bicyclic) bond motifs is 15. The van der Waals surface area contributed by atoms with E-state index in [1.54, 1.807) is 96.1 Å². The van der Waals surface area contributed by atoms with Gasteiger partial charge in [0.05, 0.1) is 27.8 Å². The predicted molar refractivity (Wildman–Crippen MR) is 579 cm³/mol. The van der Waals surface area contributed by atoms with Gasteiger partial charge in [-0.2, -0.15) is 0 Å². The molecule has 0 aliphatic heterocycles. The molecule has 15 heterocycles. The van der Waals surface area contributed by atoms with E-state index in [0.717, 1.165) is 155 Å². The largest absolute Gasteiger partial charge is 0.437 e. The first kappa shape index (κ1) is 76.5. The molecule has 0 N–H and O–H groups in total. The predicted octanol–water partition coefficient (Wildman–Crippen LogP) is 31.3. The smallest absolute Gasteiger partial charge is 0.227 e. The third-order valence-electron chi connectivity index (χ3n) is 26.7. The van der Waals surface area contributed by atoms with E-state index in [2.05, 4.69) is 144 Å². The Labute approximate surface area is 856 Å². The molecule has 140 heavy (non-hydrogen) atoms. The summed E-state index contributed by atoms with van der Waals surface area (Å²) >= 11 is 0. The molecule has 20 aromatic rings. The highest BCUT2D eigenvalue weighted by Gasteiger charge is 2.32. The first-order chi connectivity index (χ1) is 73.6. The minimum absolute atomic E-state index is 0.0838. The Morgan fingerprint density at radius 3 is 0.800 bits per heavy atom. The van der Waals surface area contributed by atoms with Crippen molar-refractivity contribution in [3.8, 4) is 56.3 Å². The maximum atomic E-state index is 8.68. The zero-order valence-corrected chi connectivity index (χ0v) is 87.0. The minimum atomic E-state index is -2.76. The lowest BCUT2D eigenvalue weighted by Gasteiger charge is -2.19. The Balaban J connectivity index is 0.000000141. The Kier molecular flexibility index (Phi) is 21.5. The summed E-state index contributed by atoms with van der Waals surface area (Å²) in [6.07, 6.45) is 10.1. The minimum Gasteiger partial charge on any atom is -0.437 e. The fraction of sp³-hybridized carbons (Fsp3) is 0.360. The number of furan rings is 5. The van der Waals surface area contributed by atoms with Gasteiger partial charge in [-0.1, -0.05) is 192 Å². The lowest BCUT2D eigenvalue weighted by molar-refractivity contribution is -0.661. The van der Waals surface area contributed by atoms with Crippen molar-refractivity contribution in [3.63, 3.8) is 0 Å².